The van der Waals surface area contributed by atoms with Gasteiger partial charge in [-0.1, -0.05) is 31.2 Å². The van der Waals surface area contributed by atoms with Crippen molar-refractivity contribution >= 4 is 21.8 Å². The Bertz CT molecular complexity index is 670. The molecule has 1 N–H and O–H groups in total. The number of carbonyl (C=O) groups excluding carboxylic acids is 1. The van der Waals surface area contributed by atoms with Gasteiger partial charge in [-0.15, -0.1) is 0 Å². The summed E-state index contributed by atoms with van der Waals surface area (Å²) in [6, 6.07) is 13.4. The second kappa shape index (κ2) is 7.45. The Labute approximate surface area is 139 Å². The Kier molecular flexibility index (Phi) is 5.61. The lowest BCUT2D eigenvalue weighted by molar-refractivity contribution is 0.0935. The molecule has 0 saturated heterocycles. The molecule has 2 aromatic carbocycles. The van der Waals surface area contributed by atoms with Gasteiger partial charge in [0.15, 0.2) is 0 Å². The second-order valence-electron chi connectivity index (χ2n) is 5.14. The summed E-state index contributed by atoms with van der Waals surface area (Å²) < 4.78 is 6.09. The Morgan fingerprint density at radius 3 is 2.59 bits per heavy atom. The minimum atomic E-state index is -0.0761. The lowest BCUT2D eigenvalue weighted by Gasteiger charge is -2.19. The Morgan fingerprint density at radius 2 is 2.00 bits per heavy atom. The van der Waals surface area contributed by atoms with E-state index in [1.807, 2.05) is 43.3 Å². The smallest absolute Gasteiger partial charge is 0.252 e. The van der Waals surface area contributed by atoms with Gasteiger partial charge in [-0.05, 0) is 58.6 Å². The van der Waals surface area contributed by atoms with Gasteiger partial charge in [0, 0.05) is 4.47 Å². The number of rotatable bonds is 5. The van der Waals surface area contributed by atoms with Gasteiger partial charge >= 0.3 is 0 Å². The summed E-state index contributed by atoms with van der Waals surface area (Å²) in [6.45, 7) is 4.06. The van der Waals surface area contributed by atoms with E-state index < -0.39 is 0 Å². The summed E-state index contributed by atoms with van der Waals surface area (Å²) in [5.74, 6) is 0.781. The first-order chi connectivity index (χ1) is 10.6. The molecule has 0 heterocycles. The van der Waals surface area contributed by atoms with Gasteiger partial charge in [0.2, 0.25) is 0 Å². The number of hydrogen-bond donors (Lipinski definition) is 1. The SMILES string of the molecule is CC[C@@H](NC(=O)c1ccccc1Br)c1ccc(OC)c(C)c1. The number of hydrogen-bond acceptors (Lipinski definition) is 2. The van der Waals surface area contributed by atoms with Crippen molar-refractivity contribution in [1.82, 2.24) is 5.32 Å². The van der Waals surface area contributed by atoms with Crippen molar-refractivity contribution in [2.24, 2.45) is 0 Å². The van der Waals surface area contributed by atoms with E-state index in [0.29, 0.717) is 5.56 Å². The molecule has 0 bridgehead atoms. The summed E-state index contributed by atoms with van der Waals surface area (Å²) in [5.41, 5.74) is 2.79. The number of halogens is 1. The fraction of sp³-hybridized carbons (Fsp3) is 0.278. The molecule has 22 heavy (non-hydrogen) atoms. The second-order valence-corrected chi connectivity index (χ2v) is 6.00. The molecule has 0 aliphatic heterocycles. The van der Waals surface area contributed by atoms with Crippen molar-refractivity contribution < 1.29 is 9.53 Å². The molecule has 0 aliphatic carbocycles. The number of aryl methyl sites for hydroxylation is 1. The van der Waals surface area contributed by atoms with Crippen LogP contribution in [0, 0.1) is 6.92 Å². The standard InChI is InChI=1S/C18H20BrNO2/c1-4-16(13-9-10-17(22-3)12(2)11-13)20-18(21)14-7-5-6-8-15(14)19/h5-11,16H,4H2,1-3H3,(H,20,21)/t16-/m1/s1. The summed E-state index contributed by atoms with van der Waals surface area (Å²) in [5, 5.41) is 3.10. The summed E-state index contributed by atoms with van der Waals surface area (Å²) in [4.78, 5) is 12.5. The normalized spacial score (nSPS) is 11.8. The molecule has 0 fully saturated rings. The van der Waals surface area contributed by atoms with E-state index in [1.165, 1.54) is 0 Å². The fourth-order valence-electron chi connectivity index (χ4n) is 2.42. The first-order valence-corrected chi connectivity index (χ1v) is 8.06. The van der Waals surface area contributed by atoms with Crippen LogP contribution in [0.15, 0.2) is 46.9 Å². The Hall–Kier alpha value is -1.81. The van der Waals surface area contributed by atoms with Crippen LogP contribution in [0.4, 0.5) is 0 Å². The van der Waals surface area contributed by atoms with Crippen LogP contribution in [0.3, 0.4) is 0 Å². The van der Waals surface area contributed by atoms with Crippen LogP contribution >= 0.6 is 15.9 Å². The maximum Gasteiger partial charge on any atom is 0.252 e. The van der Waals surface area contributed by atoms with Gasteiger partial charge in [-0.3, -0.25) is 4.79 Å². The molecule has 3 nitrogen and oxygen atoms in total. The highest BCUT2D eigenvalue weighted by atomic mass is 79.9. The maximum absolute atomic E-state index is 12.5. The van der Waals surface area contributed by atoms with E-state index in [9.17, 15) is 4.79 Å². The van der Waals surface area contributed by atoms with Crippen LogP contribution in [0.5, 0.6) is 5.75 Å². The van der Waals surface area contributed by atoms with Crippen LogP contribution in [-0.2, 0) is 0 Å². The summed E-state index contributed by atoms with van der Waals surface area (Å²) >= 11 is 3.42. The number of nitrogens with one attached hydrogen (secondary N) is 1. The summed E-state index contributed by atoms with van der Waals surface area (Å²) in [7, 11) is 1.66. The van der Waals surface area contributed by atoms with Crippen LogP contribution in [0.1, 0.15) is 40.9 Å². The van der Waals surface area contributed by atoms with Crippen LogP contribution in [-0.4, -0.2) is 13.0 Å². The lowest BCUT2D eigenvalue weighted by atomic mass is 10.0. The molecule has 0 saturated carbocycles. The molecular formula is C18H20BrNO2. The summed E-state index contributed by atoms with van der Waals surface area (Å²) in [6.07, 6.45) is 0.821. The van der Waals surface area contributed by atoms with Gasteiger partial charge in [0.25, 0.3) is 5.91 Å². The van der Waals surface area contributed by atoms with E-state index in [1.54, 1.807) is 7.11 Å². The molecular weight excluding hydrogens is 342 g/mol. The number of methoxy groups -OCH3 is 1. The number of benzene rings is 2. The van der Waals surface area contributed by atoms with Crippen molar-refractivity contribution in [3.63, 3.8) is 0 Å². The highest BCUT2D eigenvalue weighted by Gasteiger charge is 2.16. The molecule has 1 atom stereocenters. The van der Waals surface area contributed by atoms with Gasteiger partial charge in [0.05, 0.1) is 18.7 Å². The topological polar surface area (TPSA) is 38.3 Å². The molecule has 4 heteroatoms. The molecule has 0 aliphatic rings. The Balaban J connectivity index is 2.21. The zero-order valence-electron chi connectivity index (χ0n) is 13.0. The van der Waals surface area contributed by atoms with Gasteiger partial charge in [0.1, 0.15) is 5.75 Å². The quantitative estimate of drug-likeness (QED) is 0.841. The van der Waals surface area contributed by atoms with Crippen molar-refractivity contribution in [3.8, 4) is 5.75 Å². The zero-order chi connectivity index (χ0) is 16.1. The van der Waals surface area contributed by atoms with Gasteiger partial charge in [-0.2, -0.15) is 0 Å². The zero-order valence-corrected chi connectivity index (χ0v) is 14.6. The molecule has 0 radical (unpaired) electrons. The molecule has 1 amide bonds. The molecule has 0 spiro atoms. The highest BCUT2D eigenvalue weighted by Crippen LogP contribution is 2.25. The number of amides is 1. The molecule has 2 rings (SSSR count). The third kappa shape index (κ3) is 3.69. The predicted molar refractivity (Wildman–Crippen MR) is 92.4 cm³/mol. The third-order valence-electron chi connectivity index (χ3n) is 3.65. The van der Waals surface area contributed by atoms with E-state index in [-0.39, 0.29) is 11.9 Å². The van der Waals surface area contributed by atoms with Crippen LogP contribution < -0.4 is 10.1 Å². The van der Waals surface area contributed by atoms with E-state index >= 15 is 0 Å². The van der Waals surface area contributed by atoms with Crippen molar-refractivity contribution in [3.05, 3.63) is 63.6 Å². The average molecular weight is 362 g/mol. The molecule has 0 aromatic heterocycles. The minimum Gasteiger partial charge on any atom is -0.496 e. The first-order valence-electron chi connectivity index (χ1n) is 7.26. The minimum absolute atomic E-state index is 0.0239. The highest BCUT2D eigenvalue weighted by molar-refractivity contribution is 9.10. The molecule has 116 valence electrons. The monoisotopic (exact) mass is 361 g/mol. The maximum atomic E-state index is 12.5. The third-order valence-corrected chi connectivity index (χ3v) is 4.34. The van der Waals surface area contributed by atoms with Gasteiger partial charge in [-0.25, -0.2) is 0 Å². The average Bonchev–Trinajstić information content (AvgIpc) is 2.52. The van der Waals surface area contributed by atoms with E-state index in [2.05, 4.69) is 34.2 Å². The molecule has 2 aromatic rings. The lowest BCUT2D eigenvalue weighted by Crippen LogP contribution is -2.28. The first kappa shape index (κ1) is 16.6. The predicted octanol–water partition coefficient (Wildman–Crippen LogP) is 4.65. The van der Waals surface area contributed by atoms with E-state index in [4.69, 9.17) is 4.74 Å². The van der Waals surface area contributed by atoms with Crippen LogP contribution in [0.2, 0.25) is 0 Å². The number of carbonyl (C=O) groups is 1. The van der Waals surface area contributed by atoms with Gasteiger partial charge < -0.3 is 10.1 Å². The van der Waals surface area contributed by atoms with Crippen molar-refractivity contribution in [2.45, 2.75) is 26.3 Å². The Morgan fingerprint density at radius 1 is 1.27 bits per heavy atom. The number of ether oxygens (including phenoxy) is 1. The molecule has 0 unspecified atom stereocenters. The van der Waals surface area contributed by atoms with Crippen molar-refractivity contribution in [1.29, 1.82) is 0 Å². The largest absolute Gasteiger partial charge is 0.496 e. The van der Waals surface area contributed by atoms with Crippen LogP contribution in [0.25, 0.3) is 0 Å². The van der Waals surface area contributed by atoms with E-state index in [0.717, 1.165) is 27.8 Å². The fourth-order valence-corrected chi connectivity index (χ4v) is 2.89. The van der Waals surface area contributed by atoms with Crippen molar-refractivity contribution in [2.75, 3.05) is 7.11 Å².